The van der Waals surface area contributed by atoms with Gasteiger partial charge in [-0.3, -0.25) is 4.98 Å². The monoisotopic (exact) mass is 441 g/mol. The Balaban J connectivity index is 1.52. The summed E-state index contributed by atoms with van der Waals surface area (Å²) < 4.78 is 15.0. The van der Waals surface area contributed by atoms with Crippen molar-refractivity contribution in [2.45, 2.75) is 20.0 Å². The van der Waals surface area contributed by atoms with Crippen LogP contribution in [0.15, 0.2) is 73.1 Å². The summed E-state index contributed by atoms with van der Waals surface area (Å²) in [5.74, 6) is -0.367. The van der Waals surface area contributed by atoms with Gasteiger partial charge in [-0.2, -0.15) is 4.52 Å². The molecule has 1 N–H and O–H groups in total. The second-order valence-electron chi connectivity index (χ2n) is 7.80. The van der Waals surface area contributed by atoms with E-state index in [0.29, 0.717) is 17.9 Å². The van der Waals surface area contributed by atoms with E-state index in [1.54, 1.807) is 21.8 Å². The van der Waals surface area contributed by atoms with Crippen LogP contribution in [-0.2, 0) is 13.1 Å². The summed E-state index contributed by atoms with van der Waals surface area (Å²) in [4.78, 5) is 19.0. The maximum atomic E-state index is 13.3. The number of carbonyl (C=O) groups excluding carboxylic acids is 1. The summed E-state index contributed by atoms with van der Waals surface area (Å²) in [6.07, 6.45) is 3.40. The average Bonchev–Trinajstić information content (AvgIpc) is 3.31. The molecule has 33 heavy (non-hydrogen) atoms. The summed E-state index contributed by atoms with van der Waals surface area (Å²) in [5, 5.41) is 16.0. The number of hydrogen-bond donors (Lipinski definition) is 1. The number of hydrogen-bond acceptors (Lipinski definition) is 5. The van der Waals surface area contributed by atoms with Crippen LogP contribution in [0.1, 0.15) is 16.7 Å². The van der Waals surface area contributed by atoms with E-state index in [9.17, 15) is 9.18 Å². The summed E-state index contributed by atoms with van der Waals surface area (Å²) >= 11 is 0. The van der Waals surface area contributed by atoms with Crippen LogP contribution in [0.4, 0.5) is 14.9 Å². The first-order valence-electron chi connectivity index (χ1n) is 10.4. The summed E-state index contributed by atoms with van der Waals surface area (Å²) in [5.41, 5.74) is 4.76. The number of tetrazole rings is 1. The van der Waals surface area contributed by atoms with Crippen molar-refractivity contribution in [3.05, 3.63) is 95.6 Å². The van der Waals surface area contributed by atoms with Crippen molar-refractivity contribution in [2.75, 3.05) is 5.32 Å². The first kappa shape index (κ1) is 20.5. The molecule has 0 aliphatic rings. The Labute approximate surface area is 188 Å². The number of carbonyl (C=O) groups is 1. The number of nitrogens with zero attached hydrogens (tertiary/aromatic N) is 6. The average molecular weight is 441 g/mol. The van der Waals surface area contributed by atoms with Gasteiger partial charge in [0.15, 0.2) is 5.65 Å². The lowest BCUT2D eigenvalue weighted by molar-refractivity contribution is 0.206. The van der Waals surface area contributed by atoms with Gasteiger partial charge in [0.25, 0.3) is 0 Å². The molecule has 0 atom stereocenters. The van der Waals surface area contributed by atoms with E-state index < -0.39 is 0 Å². The highest BCUT2D eigenvalue weighted by molar-refractivity contribution is 5.89. The van der Waals surface area contributed by atoms with E-state index in [4.69, 9.17) is 0 Å². The highest BCUT2D eigenvalue weighted by Crippen LogP contribution is 2.23. The molecule has 0 fully saturated rings. The zero-order valence-corrected chi connectivity index (χ0v) is 17.8. The van der Waals surface area contributed by atoms with Gasteiger partial charge in [0.2, 0.25) is 0 Å². The minimum atomic E-state index is -0.367. The third-order valence-electron chi connectivity index (χ3n) is 5.34. The van der Waals surface area contributed by atoms with E-state index in [0.717, 1.165) is 27.6 Å². The Bertz CT molecular complexity index is 1430. The quantitative estimate of drug-likeness (QED) is 0.438. The zero-order chi connectivity index (χ0) is 22.8. The van der Waals surface area contributed by atoms with Crippen LogP contribution in [0.25, 0.3) is 16.6 Å². The molecule has 0 unspecified atom stereocenters. The Morgan fingerprint density at radius 1 is 1.09 bits per heavy atom. The van der Waals surface area contributed by atoms with Crippen LogP contribution >= 0.6 is 0 Å². The van der Waals surface area contributed by atoms with Gasteiger partial charge >= 0.3 is 6.03 Å². The Morgan fingerprint density at radius 3 is 2.73 bits per heavy atom. The van der Waals surface area contributed by atoms with Gasteiger partial charge in [0, 0.05) is 35.6 Å². The van der Waals surface area contributed by atoms with E-state index in [2.05, 4.69) is 31.9 Å². The largest absolute Gasteiger partial charge is 0.322 e. The fourth-order valence-corrected chi connectivity index (χ4v) is 3.75. The molecule has 2 aromatic carbocycles. The third kappa shape index (κ3) is 4.33. The molecule has 0 radical (unpaired) electrons. The molecule has 0 aliphatic carbocycles. The van der Waals surface area contributed by atoms with Gasteiger partial charge in [0.1, 0.15) is 5.82 Å². The SMILES string of the molecule is Cc1ccc2c(c1)cc(CN(Cc1cccnc1)C(=O)Nc1ccc(F)cc1)c1nnnn12. The van der Waals surface area contributed by atoms with Gasteiger partial charge in [-0.05, 0) is 71.4 Å². The second-order valence-corrected chi connectivity index (χ2v) is 7.80. The third-order valence-corrected chi connectivity index (χ3v) is 5.34. The Kier molecular flexibility index (Phi) is 5.35. The molecule has 2 amide bonds. The van der Waals surface area contributed by atoms with Crippen molar-refractivity contribution in [2.24, 2.45) is 0 Å². The highest BCUT2D eigenvalue weighted by Gasteiger charge is 2.19. The number of pyridine rings is 2. The lowest BCUT2D eigenvalue weighted by Crippen LogP contribution is -2.34. The molecular formula is C24H20FN7O. The molecule has 8 nitrogen and oxygen atoms in total. The number of urea groups is 1. The highest BCUT2D eigenvalue weighted by atomic mass is 19.1. The fourth-order valence-electron chi connectivity index (χ4n) is 3.75. The van der Waals surface area contributed by atoms with Crippen LogP contribution in [0.2, 0.25) is 0 Å². The smallest absolute Gasteiger partial charge is 0.316 e. The second kappa shape index (κ2) is 8.62. The lowest BCUT2D eigenvalue weighted by Gasteiger charge is -2.23. The molecule has 0 bridgehead atoms. The first-order chi connectivity index (χ1) is 16.1. The molecule has 164 valence electrons. The molecule has 3 heterocycles. The van der Waals surface area contributed by atoms with E-state index >= 15 is 0 Å². The molecule has 0 spiro atoms. The van der Waals surface area contributed by atoms with Crippen molar-refractivity contribution in [1.29, 1.82) is 0 Å². The number of fused-ring (bicyclic) bond motifs is 3. The first-order valence-corrected chi connectivity index (χ1v) is 10.4. The zero-order valence-electron chi connectivity index (χ0n) is 17.8. The van der Waals surface area contributed by atoms with Gasteiger partial charge in [-0.15, -0.1) is 5.10 Å². The normalized spacial score (nSPS) is 11.1. The topological polar surface area (TPSA) is 88.3 Å². The number of halogens is 1. The molecule has 0 saturated carbocycles. The number of aromatic nitrogens is 5. The van der Waals surface area contributed by atoms with E-state index in [-0.39, 0.29) is 18.4 Å². The van der Waals surface area contributed by atoms with Crippen LogP contribution < -0.4 is 5.32 Å². The maximum Gasteiger partial charge on any atom is 0.322 e. The number of nitrogens with one attached hydrogen (secondary N) is 1. The number of benzene rings is 2. The standard InChI is InChI=1S/C24H20FN7O/c1-16-4-9-22-18(11-16)12-19(23-28-29-30-32(22)23)15-31(14-17-3-2-10-26-13-17)24(33)27-21-7-5-20(25)6-8-21/h2-13H,14-15H2,1H3,(H,27,33). The van der Waals surface area contributed by atoms with Crippen LogP contribution in [0, 0.1) is 12.7 Å². The molecule has 5 rings (SSSR count). The molecule has 0 aliphatic heterocycles. The van der Waals surface area contributed by atoms with Gasteiger partial charge in [-0.1, -0.05) is 17.7 Å². The minimum Gasteiger partial charge on any atom is -0.316 e. The van der Waals surface area contributed by atoms with Crippen molar-refractivity contribution >= 4 is 28.3 Å². The molecule has 3 aromatic heterocycles. The van der Waals surface area contributed by atoms with Crippen molar-refractivity contribution < 1.29 is 9.18 Å². The van der Waals surface area contributed by atoms with Crippen molar-refractivity contribution in [1.82, 2.24) is 29.9 Å². The summed E-state index contributed by atoms with van der Waals surface area (Å²) in [7, 11) is 0. The maximum absolute atomic E-state index is 13.3. The molecule has 5 aromatic rings. The number of rotatable bonds is 5. The van der Waals surface area contributed by atoms with Crippen LogP contribution in [0.3, 0.4) is 0 Å². The van der Waals surface area contributed by atoms with Gasteiger partial charge in [-0.25, -0.2) is 9.18 Å². The van der Waals surface area contributed by atoms with Crippen molar-refractivity contribution in [3.63, 3.8) is 0 Å². The van der Waals surface area contributed by atoms with Gasteiger partial charge < -0.3 is 10.2 Å². The molecular weight excluding hydrogens is 421 g/mol. The van der Waals surface area contributed by atoms with E-state index in [1.165, 1.54) is 24.3 Å². The predicted octanol–water partition coefficient (Wildman–Crippen LogP) is 4.35. The summed E-state index contributed by atoms with van der Waals surface area (Å²) in [6, 6.07) is 17.1. The van der Waals surface area contributed by atoms with Crippen LogP contribution in [0.5, 0.6) is 0 Å². The number of aryl methyl sites for hydroxylation is 1. The van der Waals surface area contributed by atoms with Gasteiger partial charge in [0.05, 0.1) is 12.1 Å². The van der Waals surface area contributed by atoms with Crippen LogP contribution in [-0.4, -0.2) is 36.0 Å². The molecule has 9 heteroatoms. The van der Waals surface area contributed by atoms with E-state index in [1.807, 2.05) is 37.3 Å². The molecule has 0 saturated heterocycles. The Morgan fingerprint density at radius 2 is 1.94 bits per heavy atom. The van der Waals surface area contributed by atoms with Crippen molar-refractivity contribution in [3.8, 4) is 0 Å². The number of anilines is 1. The summed E-state index contributed by atoms with van der Waals surface area (Å²) in [6.45, 7) is 2.60. The lowest BCUT2D eigenvalue weighted by atomic mass is 10.1. The Hall–Kier alpha value is -4.40. The minimum absolute atomic E-state index is 0.260. The fraction of sp³-hybridized carbons (Fsp3) is 0.125. The number of amides is 2. The predicted molar refractivity (Wildman–Crippen MR) is 122 cm³/mol.